The summed E-state index contributed by atoms with van der Waals surface area (Å²) in [5.74, 6) is -1.54. The highest BCUT2D eigenvalue weighted by Crippen LogP contribution is 2.26. The summed E-state index contributed by atoms with van der Waals surface area (Å²) in [6, 6.07) is 2.81. The molecule has 3 rings (SSSR count). The van der Waals surface area contributed by atoms with Gasteiger partial charge in [0.15, 0.2) is 5.65 Å². The number of H-pyrrole nitrogens is 1. The van der Waals surface area contributed by atoms with Crippen molar-refractivity contribution in [2.24, 2.45) is 0 Å². The molecule has 6 nitrogen and oxygen atoms in total. The average Bonchev–Trinajstić information content (AvgIpc) is 2.75. The number of ether oxygens (including phenoxy) is 1. The van der Waals surface area contributed by atoms with E-state index in [4.69, 9.17) is 10.5 Å². The van der Waals surface area contributed by atoms with Gasteiger partial charge in [-0.25, -0.2) is 13.8 Å². The summed E-state index contributed by atoms with van der Waals surface area (Å²) >= 11 is 0. The molecular weight excluding hydrogens is 256 g/mol. The Bertz CT molecular complexity index is 738. The lowest BCUT2D eigenvalue weighted by molar-refractivity contribution is 0.456. The van der Waals surface area contributed by atoms with Gasteiger partial charge >= 0.3 is 0 Å². The van der Waals surface area contributed by atoms with Crippen LogP contribution in [0.15, 0.2) is 24.5 Å². The Morgan fingerprint density at radius 2 is 1.84 bits per heavy atom. The first-order chi connectivity index (χ1) is 9.11. The topological polar surface area (TPSA) is 89.7 Å². The number of hydrogen-bond donors (Lipinski definition) is 2. The van der Waals surface area contributed by atoms with E-state index in [1.54, 1.807) is 0 Å². The standard InChI is InChI=1S/C11H7F2N5O/c12-5-1-6(13)3-7(2-5)19-10-8-9(16-4-15-8)17-11(14)18-10/h1-4H,(H3,14,15,16,17,18). The minimum Gasteiger partial charge on any atom is -0.437 e. The van der Waals surface area contributed by atoms with Gasteiger partial charge in [-0.05, 0) is 0 Å². The Hall–Kier alpha value is -2.77. The van der Waals surface area contributed by atoms with Gasteiger partial charge in [-0.2, -0.15) is 9.97 Å². The molecule has 0 bridgehead atoms. The molecular formula is C11H7F2N5O. The predicted molar refractivity (Wildman–Crippen MR) is 62.5 cm³/mol. The van der Waals surface area contributed by atoms with Crippen LogP contribution >= 0.6 is 0 Å². The number of hydrogen-bond acceptors (Lipinski definition) is 5. The number of halogens is 2. The molecule has 0 saturated carbocycles. The van der Waals surface area contributed by atoms with Gasteiger partial charge in [0.25, 0.3) is 5.88 Å². The van der Waals surface area contributed by atoms with E-state index >= 15 is 0 Å². The summed E-state index contributed by atoms with van der Waals surface area (Å²) in [5.41, 5.74) is 6.19. The second-order valence-corrected chi connectivity index (χ2v) is 3.70. The number of imidazole rings is 1. The molecule has 0 radical (unpaired) electrons. The van der Waals surface area contributed by atoms with Gasteiger partial charge in [-0.1, -0.05) is 0 Å². The van der Waals surface area contributed by atoms with E-state index in [0.717, 1.165) is 18.2 Å². The molecule has 3 N–H and O–H groups in total. The third-order valence-electron chi connectivity index (χ3n) is 2.32. The molecule has 0 atom stereocenters. The summed E-state index contributed by atoms with van der Waals surface area (Å²) in [4.78, 5) is 14.4. The molecule has 0 aliphatic carbocycles. The van der Waals surface area contributed by atoms with Gasteiger partial charge in [-0.15, -0.1) is 0 Å². The van der Waals surface area contributed by atoms with E-state index in [2.05, 4.69) is 19.9 Å². The molecule has 0 unspecified atom stereocenters. The number of nitrogens with two attached hydrogens (primary N) is 1. The van der Waals surface area contributed by atoms with Gasteiger partial charge in [0.05, 0.1) is 6.33 Å². The Morgan fingerprint density at radius 1 is 1.11 bits per heavy atom. The van der Waals surface area contributed by atoms with Crippen molar-refractivity contribution in [3.05, 3.63) is 36.2 Å². The number of aromatic nitrogens is 4. The summed E-state index contributed by atoms with van der Waals surface area (Å²) in [7, 11) is 0. The summed E-state index contributed by atoms with van der Waals surface area (Å²) in [6.45, 7) is 0. The molecule has 0 amide bonds. The van der Waals surface area contributed by atoms with Gasteiger partial charge in [0, 0.05) is 18.2 Å². The van der Waals surface area contributed by atoms with Gasteiger partial charge in [0.2, 0.25) is 5.95 Å². The quantitative estimate of drug-likeness (QED) is 0.738. The van der Waals surface area contributed by atoms with Crippen molar-refractivity contribution in [1.29, 1.82) is 0 Å². The monoisotopic (exact) mass is 263 g/mol. The van der Waals surface area contributed by atoms with Gasteiger partial charge in [-0.3, -0.25) is 0 Å². The van der Waals surface area contributed by atoms with Crippen LogP contribution in [0.25, 0.3) is 11.2 Å². The van der Waals surface area contributed by atoms with Crippen LogP contribution in [0.3, 0.4) is 0 Å². The van der Waals surface area contributed by atoms with Crippen LogP contribution in [-0.4, -0.2) is 19.9 Å². The maximum atomic E-state index is 13.1. The molecule has 0 aliphatic rings. The molecule has 1 aromatic carbocycles. The molecule has 19 heavy (non-hydrogen) atoms. The fourth-order valence-corrected chi connectivity index (χ4v) is 1.60. The van der Waals surface area contributed by atoms with Crippen molar-refractivity contribution in [1.82, 2.24) is 19.9 Å². The lowest BCUT2D eigenvalue weighted by Crippen LogP contribution is -1.98. The van der Waals surface area contributed by atoms with E-state index in [1.807, 2.05) is 0 Å². The van der Waals surface area contributed by atoms with E-state index < -0.39 is 11.6 Å². The Morgan fingerprint density at radius 3 is 2.58 bits per heavy atom. The third-order valence-corrected chi connectivity index (χ3v) is 2.32. The first-order valence-corrected chi connectivity index (χ1v) is 5.22. The highest BCUT2D eigenvalue weighted by atomic mass is 19.1. The third kappa shape index (κ3) is 2.15. The lowest BCUT2D eigenvalue weighted by atomic mass is 10.3. The highest BCUT2D eigenvalue weighted by molar-refractivity contribution is 5.77. The van der Waals surface area contributed by atoms with Crippen LogP contribution in [-0.2, 0) is 0 Å². The second-order valence-electron chi connectivity index (χ2n) is 3.70. The van der Waals surface area contributed by atoms with Crippen molar-refractivity contribution in [3.8, 4) is 11.6 Å². The predicted octanol–water partition coefficient (Wildman–Crippen LogP) is 2.01. The average molecular weight is 263 g/mol. The minimum absolute atomic E-state index is 0.0356. The molecule has 0 saturated heterocycles. The number of nitrogens with zero attached hydrogens (tertiary/aromatic N) is 3. The summed E-state index contributed by atoms with van der Waals surface area (Å²) < 4.78 is 31.4. The van der Waals surface area contributed by atoms with Crippen molar-refractivity contribution in [2.75, 3.05) is 5.73 Å². The van der Waals surface area contributed by atoms with Crippen LogP contribution in [0, 0.1) is 11.6 Å². The Balaban J connectivity index is 2.07. The molecule has 3 aromatic rings. The molecule has 0 aliphatic heterocycles. The lowest BCUT2D eigenvalue weighted by Gasteiger charge is -2.06. The first kappa shape index (κ1) is 11.3. The van der Waals surface area contributed by atoms with Crippen molar-refractivity contribution in [3.63, 3.8) is 0 Å². The maximum Gasteiger partial charge on any atom is 0.250 e. The summed E-state index contributed by atoms with van der Waals surface area (Å²) in [5, 5.41) is 0. The zero-order chi connectivity index (χ0) is 13.4. The van der Waals surface area contributed by atoms with Crippen molar-refractivity contribution >= 4 is 17.1 Å². The maximum absolute atomic E-state index is 13.1. The largest absolute Gasteiger partial charge is 0.437 e. The number of fused-ring (bicyclic) bond motifs is 1. The van der Waals surface area contributed by atoms with Crippen LogP contribution in [0.4, 0.5) is 14.7 Å². The zero-order valence-electron chi connectivity index (χ0n) is 9.39. The molecule has 0 fully saturated rings. The molecule has 2 heterocycles. The van der Waals surface area contributed by atoms with Gasteiger partial charge < -0.3 is 15.5 Å². The first-order valence-electron chi connectivity index (χ1n) is 5.22. The van der Waals surface area contributed by atoms with E-state index in [-0.39, 0.29) is 17.6 Å². The number of rotatable bonds is 2. The fraction of sp³-hybridized carbons (Fsp3) is 0. The SMILES string of the molecule is Nc1nc(Oc2cc(F)cc(F)c2)c2[nH]cnc2n1. The zero-order valence-corrected chi connectivity index (χ0v) is 9.39. The molecule has 2 aromatic heterocycles. The highest BCUT2D eigenvalue weighted by Gasteiger charge is 2.11. The molecule has 8 heteroatoms. The van der Waals surface area contributed by atoms with Crippen LogP contribution in [0.2, 0.25) is 0 Å². The number of nitrogens with one attached hydrogen (secondary N) is 1. The van der Waals surface area contributed by atoms with Crippen LogP contribution in [0.1, 0.15) is 0 Å². The minimum atomic E-state index is -0.752. The Labute approximate surface area is 105 Å². The molecule has 96 valence electrons. The van der Waals surface area contributed by atoms with Crippen molar-refractivity contribution < 1.29 is 13.5 Å². The second kappa shape index (κ2) is 4.16. The van der Waals surface area contributed by atoms with Gasteiger partial charge in [0.1, 0.15) is 22.9 Å². The number of benzene rings is 1. The van der Waals surface area contributed by atoms with E-state index in [9.17, 15) is 8.78 Å². The normalized spacial score (nSPS) is 10.8. The van der Waals surface area contributed by atoms with E-state index in [1.165, 1.54) is 6.33 Å². The summed E-state index contributed by atoms with van der Waals surface area (Å²) in [6.07, 6.45) is 1.39. The smallest absolute Gasteiger partial charge is 0.250 e. The van der Waals surface area contributed by atoms with Crippen LogP contribution in [0.5, 0.6) is 11.6 Å². The van der Waals surface area contributed by atoms with Crippen molar-refractivity contribution in [2.45, 2.75) is 0 Å². The van der Waals surface area contributed by atoms with Crippen LogP contribution < -0.4 is 10.5 Å². The molecule has 0 spiro atoms. The van der Waals surface area contributed by atoms with E-state index in [0.29, 0.717) is 11.2 Å². The number of nitrogen functional groups attached to an aromatic ring is 1. The number of anilines is 1. The Kier molecular flexibility index (Phi) is 2.48. The fourth-order valence-electron chi connectivity index (χ4n) is 1.60. The number of aromatic amines is 1.